The van der Waals surface area contributed by atoms with Crippen LogP contribution in [-0.2, 0) is 11.3 Å². The van der Waals surface area contributed by atoms with Gasteiger partial charge in [-0.2, -0.15) is 0 Å². The molecule has 2 bridgehead atoms. The van der Waals surface area contributed by atoms with Crippen molar-refractivity contribution in [3.8, 4) is 0 Å². The van der Waals surface area contributed by atoms with Crippen molar-refractivity contribution in [1.82, 2.24) is 10.3 Å². The molecule has 3 heterocycles. The highest BCUT2D eigenvalue weighted by atomic mass is 16.5. The van der Waals surface area contributed by atoms with Crippen molar-refractivity contribution < 1.29 is 4.74 Å². The van der Waals surface area contributed by atoms with Crippen LogP contribution in [0.15, 0.2) is 18.5 Å². The Balaban J connectivity index is 1.52. The first-order valence-electron chi connectivity index (χ1n) is 7.45. The van der Waals surface area contributed by atoms with Gasteiger partial charge in [-0.3, -0.25) is 4.98 Å². The Morgan fingerprint density at radius 1 is 1.21 bits per heavy atom. The molecule has 1 N–H and O–H groups in total. The number of nitrogens with zero attached hydrogens (tertiary/aromatic N) is 2. The second-order valence-corrected chi connectivity index (χ2v) is 6.02. The van der Waals surface area contributed by atoms with E-state index in [0.717, 1.165) is 25.7 Å². The third-order valence-electron chi connectivity index (χ3n) is 4.43. The Kier molecular flexibility index (Phi) is 2.93. The highest BCUT2D eigenvalue weighted by Gasteiger charge is 2.34. The van der Waals surface area contributed by atoms with Gasteiger partial charge in [0.1, 0.15) is 0 Å². The summed E-state index contributed by atoms with van der Waals surface area (Å²) in [6.45, 7) is 3.02. The minimum absolute atomic E-state index is 0.434. The van der Waals surface area contributed by atoms with Crippen molar-refractivity contribution in [2.45, 2.75) is 50.5 Å². The van der Waals surface area contributed by atoms with E-state index in [4.69, 9.17) is 4.74 Å². The largest absolute Gasteiger partial charge is 0.371 e. The molecule has 2 atom stereocenters. The Morgan fingerprint density at radius 3 is 2.74 bits per heavy atom. The van der Waals surface area contributed by atoms with Gasteiger partial charge in [0.2, 0.25) is 0 Å². The summed E-state index contributed by atoms with van der Waals surface area (Å²) in [4.78, 5) is 6.80. The van der Waals surface area contributed by atoms with Gasteiger partial charge in [-0.1, -0.05) is 0 Å². The first-order valence-corrected chi connectivity index (χ1v) is 7.45. The van der Waals surface area contributed by atoms with Crippen molar-refractivity contribution in [2.24, 2.45) is 0 Å². The van der Waals surface area contributed by atoms with Crippen LogP contribution in [0.5, 0.6) is 0 Å². The van der Waals surface area contributed by atoms with E-state index in [-0.39, 0.29) is 0 Å². The predicted octanol–water partition coefficient (Wildman–Crippen LogP) is 1.70. The van der Waals surface area contributed by atoms with Gasteiger partial charge >= 0.3 is 0 Å². The summed E-state index contributed by atoms with van der Waals surface area (Å²) in [6.07, 6.45) is 9.90. The molecule has 1 aliphatic carbocycles. The molecule has 1 aromatic heterocycles. The van der Waals surface area contributed by atoms with Gasteiger partial charge in [0.25, 0.3) is 0 Å². The van der Waals surface area contributed by atoms with Crippen molar-refractivity contribution in [1.29, 1.82) is 0 Å². The molecule has 2 saturated heterocycles. The molecule has 4 nitrogen and oxygen atoms in total. The van der Waals surface area contributed by atoms with Crippen molar-refractivity contribution >= 4 is 5.69 Å². The van der Waals surface area contributed by atoms with Gasteiger partial charge in [-0.15, -0.1) is 0 Å². The normalized spacial score (nSPS) is 29.8. The highest BCUT2D eigenvalue weighted by molar-refractivity contribution is 5.52. The fourth-order valence-electron chi connectivity index (χ4n) is 3.20. The number of nitrogens with one attached hydrogen (secondary N) is 1. The second-order valence-electron chi connectivity index (χ2n) is 6.02. The highest BCUT2D eigenvalue weighted by Crippen LogP contribution is 2.31. The molecule has 19 heavy (non-hydrogen) atoms. The summed E-state index contributed by atoms with van der Waals surface area (Å²) >= 11 is 0. The first-order chi connectivity index (χ1) is 9.38. The summed E-state index contributed by atoms with van der Waals surface area (Å²) in [6, 6.07) is 2.91. The molecule has 4 heteroatoms. The van der Waals surface area contributed by atoms with Crippen LogP contribution in [-0.4, -0.2) is 36.3 Å². The van der Waals surface area contributed by atoms with Crippen LogP contribution in [0.4, 0.5) is 5.69 Å². The molecule has 102 valence electrons. The lowest BCUT2D eigenvalue weighted by Gasteiger charge is -2.34. The molecule has 1 aromatic rings. The third kappa shape index (κ3) is 2.47. The molecule has 0 spiro atoms. The number of anilines is 1. The molecule has 0 aromatic carbocycles. The van der Waals surface area contributed by atoms with Gasteiger partial charge in [0, 0.05) is 31.9 Å². The second kappa shape index (κ2) is 4.76. The maximum atomic E-state index is 5.92. The van der Waals surface area contributed by atoms with E-state index < -0.39 is 0 Å². The molecule has 2 aliphatic heterocycles. The summed E-state index contributed by atoms with van der Waals surface area (Å²) < 4.78 is 5.92. The van der Waals surface area contributed by atoms with E-state index >= 15 is 0 Å². The molecular formula is C15H21N3O. The van der Waals surface area contributed by atoms with Gasteiger partial charge in [0.05, 0.1) is 24.1 Å². The summed E-state index contributed by atoms with van der Waals surface area (Å²) in [5.41, 5.74) is 2.68. The number of morpholine rings is 1. The smallest absolute Gasteiger partial charge is 0.0755 e. The number of pyridine rings is 1. The molecule has 0 radical (unpaired) electrons. The Morgan fingerprint density at radius 2 is 2.00 bits per heavy atom. The van der Waals surface area contributed by atoms with Crippen LogP contribution in [0.3, 0.4) is 0 Å². The third-order valence-corrected chi connectivity index (χ3v) is 4.43. The summed E-state index contributed by atoms with van der Waals surface area (Å²) in [7, 11) is 0. The van der Waals surface area contributed by atoms with Crippen molar-refractivity contribution in [2.75, 3.05) is 18.0 Å². The minimum atomic E-state index is 0.434. The fraction of sp³-hybridized carbons (Fsp3) is 0.667. The van der Waals surface area contributed by atoms with E-state index in [1.54, 1.807) is 0 Å². The summed E-state index contributed by atoms with van der Waals surface area (Å²) in [5, 5.41) is 3.60. The average Bonchev–Trinajstić information content (AvgIpc) is 3.22. The van der Waals surface area contributed by atoms with Crippen LogP contribution >= 0.6 is 0 Å². The Hall–Kier alpha value is -1.13. The standard InChI is InChI=1S/C15H21N3O/c1-2-12(1)17-7-11-5-6-16-8-15(11)18-9-13-3-4-14(10-18)19-13/h5-6,8,12-14,17H,1-4,7,9-10H2. The number of ether oxygens (including phenoxy) is 1. The van der Waals surface area contributed by atoms with Gasteiger partial charge in [-0.05, 0) is 37.3 Å². The fourth-order valence-corrected chi connectivity index (χ4v) is 3.20. The van der Waals surface area contributed by atoms with E-state index in [2.05, 4.69) is 21.3 Å². The number of aromatic nitrogens is 1. The number of fused-ring (bicyclic) bond motifs is 2. The number of hydrogen-bond donors (Lipinski definition) is 1. The van der Waals surface area contributed by atoms with Crippen LogP contribution in [0.25, 0.3) is 0 Å². The monoisotopic (exact) mass is 259 g/mol. The quantitative estimate of drug-likeness (QED) is 0.893. The predicted molar refractivity (Wildman–Crippen MR) is 74.2 cm³/mol. The molecule has 3 fully saturated rings. The first kappa shape index (κ1) is 11.7. The Bertz CT molecular complexity index is 448. The van der Waals surface area contributed by atoms with Crippen LogP contribution < -0.4 is 10.2 Å². The zero-order valence-corrected chi connectivity index (χ0v) is 11.2. The molecule has 2 unspecified atom stereocenters. The van der Waals surface area contributed by atoms with Gasteiger partial charge in [-0.25, -0.2) is 0 Å². The lowest BCUT2D eigenvalue weighted by atomic mass is 10.1. The zero-order valence-electron chi connectivity index (χ0n) is 11.2. The average molecular weight is 259 g/mol. The van der Waals surface area contributed by atoms with E-state index in [1.807, 2.05) is 12.4 Å². The van der Waals surface area contributed by atoms with E-state index in [0.29, 0.717) is 12.2 Å². The molecule has 1 saturated carbocycles. The van der Waals surface area contributed by atoms with Crippen LogP contribution in [0.2, 0.25) is 0 Å². The molecule has 0 amide bonds. The minimum Gasteiger partial charge on any atom is -0.371 e. The van der Waals surface area contributed by atoms with E-state index in [9.17, 15) is 0 Å². The topological polar surface area (TPSA) is 37.4 Å². The van der Waals surface area contributed by atoms with Gasteiger partial charge in [0.15, 0.2) is 0 Å². The molecule has 3 aliphatic rings. The zero-order chi connectivity index (χ0) is 12.7. The molecular weight excluding hydrogens is 238 g/mol. The summed E-state index contributed by atoms with van der Waals surface area (Å²) in [5.74, 6) is 0. The van der Waals surface area contributed by atoms with Crippen molar-refractivity contribution in [3.05, 3.63) is 24.0 Å². The van der Waals surface area contributed by atoms with Crippen LogP contribution in [0, 0.1) is 0 Å². The maximum absolute atomic E-state index is 5.92. The Labute approximate surface area is 114 Å². The number of hydrogen-bond acceptors (Lipinski definition) is 4. The maximum Gasteiger partial charge on any atom is 0.0755 e. The number of rotatable bonds is 4. The van der Waals surface area contributed by atoms with Crippen LogP contribution in [0.1, 0.15) is 31.2 Å². The van der Waals surface area contributed by atoms with Crippen molar-refractivity contribution in [3.63, 3.8) is 0 Å². The van der Waals surface area contributed by atoms with E-state index in [1.165, 1.54) is 36.9 Å². The van der Waals surface area contributed by atoms with Gasteiger partial charge < -0.3 is 15.0 Å². The SMILES string of the molecule is c1cc(CNC2CC2)c(N2CC3CCC(C2)O3)cn1. The molecule has 4 rings (SSSR count). The lowest BCUT2D eigenvalue weighted by Crippen LogP contribution is -2.43. The lowest BCUT2D eigenvalue weighted by molar-refractivity contribution is 0.0304.